The maximum absolute atomic E-state index is 5.89. The van der Waals surface area contributed by atoms with Crippen LogP contribution in [0.5, 0.6) is 0 Å². The average Bonchev–Trinajstić information content (AvgIpc) is 2.61. The Balaban J connectivity index is 2.57. The molecule has 0 atom stereocenters. The van der Waals surface area contributed by atoms with Gasteiger partial charge in [0.05, 0.1) is 0 Å². The van der Waals surface area contributed by atoms with Crippen LogP contribution in [0.3, 0.4) is 0 Å². The molecule has 1 aromatic carbocycles. The van der Waals surface area contributed by atoms with Gasteiger partial charge < -0.3 is 4.52 Å². The van der Waals surface area contributed by atoms with Crippen LogP contribution in [0.2, 0.25) is 5.02 Å². The van der Waals surface area contributed by atoms with Crippen molar-refractivity contribution in [1.82, 2.24) is 5.16 Å². The molecule has 0 radical (unpaired) electrons. The first kappa shape index (κ1) is 12.2. The maximum atomic E-state index is 5.89. The van der Waals surface area contributed by atoms with Gasteiger partial charge in [-0.05, 0) is 24.5 Å². The molecule has 2 nitrogen and oxygen atoms in total. The summed E-state index contributed by atoms with van der Waals surface area (Å²) in [6.45, 7) is 8.43. The normalized spacial score (nSPS) is 11.8. The molecule has 0 amide bonds. The zero-order valence-electron chi connectivity index (χ0n) is 10.5. The summed E-state index contributed by atoms with van der Waals surface area (Å²) < 4.78 is 5.32. The Labute approximate surface area is 107 Å². The number of aryl methyl sites for hydroxylation is 1. The summed E-state index contributed by atoms with van der Waals surface area (Å²) in [5.74, 6) is 0.877. The maximum Gasteiger partial charge on any atom is 0.138 e. The second-order valence-electron chi connectivity index (χ2n) is 5.22. The Bertz CT molecular complexity index is 520. The van der Waals surface area contributed by atoms with Crippen molar-refractivity contribution in [3.05, 3.63) is 40.6 Å². The van der Waals surface area contributed by atoms with E-state index in [1.807, 2.05) is 31.2 Å². The molecule has 0 fully saturated rings. The first-order valence-corrected chi connectivity index (χ1v) is 6.00. The van der Waals surface area contributed by atoms with Crippen molar-refractivity contribution < 1.29 is 4.52 Å². The van der Waals surface area contributed by atoms with Gasteiger partial charge in [-0.2, -0.15) is 0 Å². The second-order valence-corrected chi connectivity index (χ2v) is 5.66. The number of hydrogen-bond acceptors (Lipinski definition) is 2. The van der Waals surface area contributed by atoms with Crippen LogP contribution in [0.25, 0.3) is 11.3 Å². The van der Waals surface area contributed by atoms with Gasteiger partial charge >= 0.3 is 0 Å². The van der Waals surface area contributed by atoms with Crippen LogP contribution in [0, 0.1) is 6.92 Å². The summed E-state index contributed by atoms with van der Waals surface area (Å²) in [5.41, 5.74) is 3.11. The first-order valence-electron chi connectivity index (χ1n) is 5.62. The minimum Gasteiger partial charge on any atom is -0.361 e. The van der Waals surface area contributed by atoms with Crippen LogP contribution >= 0.6 is 11.6 Å². The van der Waals surface area contributed by atoms with Crippen molar-refractivity contribution in [2.75, 3.05) is 0 Å². The van der Waals surface area contributed by atoms with Gasteiger partial charge in [0.2, 0.25) is 0 Å². The van der Waals surface area contributed by atoms with Crippen molar-refractivity contribution in [3.8, 4) is 11.3 Å². The molecule has 0 saturated heterocycles. The fourth-order valence-electron chi connectivity index (χ4n) is 2.06. The number of hydrogen-bond donors (Lipinski definition) is 0. The second kappa shape index (κ2) is 4.19. The topological polar surface area (TPSA) is 26.0 Å². The van der Waals surface area contributed by atoms with Crippen LogP contribution in [0.4, 0.5) is 0 Å². The highest BCUT2D eigenvalue weighted by Gasteiger charge is 2.25. The van der Waals surface area contributed by atoms with E-state index in [2.05, 4.69) is 25.9 Å². The monoisotopic (exact) mass is 249 g/mol. The fourth-order valence-corrected chi connectivity index (χ4v) is 2.19. The molecule has 17 heavy (non-hydrogen) atoms. The molecule has 2 rings (SSSR count). The Morgan fingerprint density at radius 2 is 1.71 bits per heavy atom. The minimum absolute atomic E-state index is 0.0129. The predicted molar refractivity (Wildman–Crippen MR) is 70.4 cm³/mol. The number of benzene rings is 1. The van der Waals surface area contributed by atoms with E-state index in [0.717, 1.165) is 27.6 Å². The van der Waals surface area contributed by atoms with E-state index in [4.69, 9.17) is 16.1 Å². The van der Waals surface area contributed by atoms with Gasteiger partial charge in [-0.25, -0.2) is 0 Å². The zero-order chi connectivity index (χ0) is 12.6. The van der Waals surface area contributed by atoms with Crippen LogP contribution in [0.15, 0.2) is 28.8 Å². The average molecular weight is 250 g/mol. The lowest BCUT2D eigenvalue weighted by molar-refractivity contribution is 0.394. The van der Waals surface area contributed by atoms with Gasteiger partial charge in [-0.1, -0.05) is 49.7 Å². The molecule has 3 heteroatoms. The van der Waals surface area contributed by atoms with Gasteiger partial charge in [-0.3, -0.25) is 0 Å². The fraction of sp³-hybridized carbons (Fsp3) is 0.357. The molecule has 0 bridgehead atoms. The van der Waals surface area contributed by atoms with E-state index in [1.165, 1.54) is 0 Å². The standard InChI is InChI=1S/C14H16ClNO/c1-9-12(14(2,3)4)13(16-17-9)10-5-7-11(15)8-6-10/h5-8H,1-4H3. The lowest BCUT2D eigenvalue weighted by Crippen LogP contribution is -2.12. The highest BCUT2D eigenvalue weighted by atomic mass is 35.5. The van der Waals surface area contributed by atoms with E-state index >= 15 is 0 Å². The van der Waals surface area contributed by atoms with Gasteiger partial charge in [-0.15, -0.1) is 0 Å². The molecule has 1 heterocycles. The molecule has 0 N–H and O–H groups in total. The van der Waals surface area contributed by atoms with Crippen LogP contribution < -0.4 is 0 Å². The van der Waals surface area contributed by atoms with E-state index in [0.29, 0.717) is 0 Å². The minimum atomic E-state index is 0.0129. The summed E-state index contributed by atoms with van der Waals surface area (Å²) in [6.07, 6.45) is 0. The molecule has 0 aliphatic heterocycles. The zero-order valence-corrected chi connectivity index (χ0v) is 11.3. The van der Waals surface area contributed by atoms with Crippen LogP contribution in [0.1, 0.15) is 32.1 Å². The number of rotatable bonds is 1. The Morgan fingerprint density at radius 3 is 2.24 bits per heavy atom. The van der Waals surface area contributed by atoms with Crippen molar-refractivity contribution in [1.29, 1.82) is 0 Å². The highest BCUT2D eigenvalue weighted by Crippen LogP contribution is 2.35. The van der Waals surface area contributed by atoms with Gasteiger partial charge in [0.1, 0.15) is 11.5 Å². The van der Waals surface area contributed by atoms with E-state index in [-0.39, 0.29) is 5.41 Å². The Morgan fingerprint density at radius 1 is 1.12 bits per heavy atom. The van der Waals surface area contributed by atoms with E-state index in [1.54, 1.807) is 0 Å². The molecule has 90 valence electrons. The lowest BCUT2D eigenvalue weighted by Gasteiger charge is -2.18. The third-order valence-corrected chi connectivity index (χ3v) is 2.98. The van der Waals surface area contributed by atoms with Crippen LogP contribution in [-0.2, 0) is 5.41 Å². The predicted octanol–water partition coefficient (Wildman–Crippen LogP) is 4.60. The molecule has 0 aliphatic carbocycles. The van der Waals surface area contributed by atoms with Crippen LogP contribution in [-0.4, -0.2) is 5.16 Å². The van der Waals surface area contributed by atoms with Gasteiger partial charge in [0.15, 0.2) is 0 Å². The Kier molecular flexibility index (Phi) is 3.00. The SMILES string of the molecule is Cc1onc(-c2ccc(Cl)cc2)c1C(C)(C)C. The summed E-state index contributed by atoms with van der Waals surface area (Å²) in [7, 11) is 0. The number of nitrogens with zero attached hydrogens (tertiary/aromatic N) is 1. The van der Waals surface area contributed by atoms with Gasteiger partial charge in [0.25, 0.3) is 0 Å². The molecular formula is C14H16ClNO. The number of aromatic nitrogens is 1. The smallest absolute Gasteiger partial charge is 0.138 e. The summed E-state index contributed by atoms with van der Waals surface area (Å²) in [6, 6.07) is 7.67. The Hall–Kier alpha value is -1.28. The summed E-state index contributed by atoms with van der Waals surface area (Å²) in [4.78, 5) is 0. The molecule has 0 aliphatic rings. The molecule has 1 aromatic heterocycles. The van der Waals surface area contributed by atoms with Crippen molar-refractivity contribution in [3.63, 3.8) is 0 Å². The van der Waals surface area contributed by atoms with Crippen molar-refractivity contribution in [2.24, 2.45) is 0 Å². The molecule has 0 saturated carbocycles. The molecular weight excluding hydrogens is 234 g/mol. The van der Waals surface area contributed by atoms with E-state index < -0.39 is 0 Å². The molecule has 2 aromatic rings. The van der Waals surface area contributed by atoms with Crippen molar-refractivity contribution in [2.45, 2.75) is 33.1 Å². The van der Waals surface area contributed by atoms with Crippen molar-refractivity contribution >= 4 is 11.6 Å². The highest BCUT2D eigenvalue weighted by molar-refractivity contribution is 6.30. The summed E-state index contributed by atoms with van der Waals surface area (Å²) in [5, 5.41) is 4.89. The third kappa shape index (κ3) is 2.37. The molecule has 0 spiro atoms. The lowest BCUT2D eigenvalue weighted by atomic mass is 9.84. The van der Waals surface area contributed by atoms with E-state index in [9.17, 15) is 0 Å². The quantitative estimate of drug-likeness (QED) is 0.738. The van der Waals surface area contributed by atoms with Gasteiger partial charge in [0, 0.05) is 16.1 Å². The summed E-state index contributed by atoms with van der Waals surface area (Å²) >= 11 is 5.89. The first-order chi connectivity index (χ1) is 7.89. The number of halogens is 1. The molecule has 0 unspecified atom stereocenters. The third-order valence-electron chi connectivity index (χ3n) is 2.73. The largest absolute Gasteiger partial charge is 0.361 e.